The number of nitrogens with zero attached hydrogens (tertiary/aromatic N) is 3. The summed E-state index contributed by atoms with van der Waals surface area (Å²) >= 11 is 5.18. The number of halogens is 1. The number of rotatable bonds is 3. The average molecular weight is 417 g/mol. The van der Waals surface area contributed by atoms with E-state index in [1.807, 2.05) is 17.0 Å². The highest BCUT2D eigenvalue weighted by molar-refractivity contribution is 9.10. The summed E-state index contributed by atoms with van der Waals surface area (Å²) in [7, 11) is 0. The van der Waals surface area contributed by atoms with Crippen molar-refractivity contribution in [1.29, 1.82) is 0 Å². The van der Waals surface area contributed by atoms with Crippen LogP contribution in [0.1, 0.15) is 41.7 Å². The van der Waals surface area contributed by atoms with Gasteiger partial charge in [0, 0.05) is 29.6 Å². The highest BCUT2D eigenvalue weighted by Crippen LogP contribution is 2.40. The molecular weight excluding hydrogens is 400 g/mol. The first-order valence-electron chi connectivity index (χ1n) is 8.56. The largest absolute Gasteiger partial charge is 0.348 e. The van der Waals surface area contributed by atoms with E-state index in [2.05, 4.69) is 32.0 Å². The number of aromatic amines is 1. The Labute approximate surface area is 157 Å². The first-order valence-corrected chi connectivity index (χ1v) is 10.2. The maximum Gasteiger partial charge on any atom is 0.223 e. The molecule has 1 atom stereocenters. The molecule has 1 N–H and O–H groups in total. The number of fused-ring (bicyclic) bond motifs is 2. The molecule has 5 nitrogen and oxygen atoms in total. The molecule has 2 aromatic heterocycles. The molecule has 1 aliphatic heterocycles. The molecule has 0 bridgehead atoms. The van der Waals surface area contributed by atoms with Crippen LogP contribution in [0.25, 0.3) is 10.2 Å². The highest BCUT2D eigenvalue weighted by Gasteiger charge is 2.37. The molecule has 5 rings (SSSR count). The number of thiazole rings is 1. The van der Waals surface area contributed by atoms with E-state index in [-0.39, 0.29) is 11.9 Å². The lowest BCUT2D eigenvalue weighted by molar-refractivity contribution is -0.133. The minimum absolute atomic E-state index is 0.169. The first-order chi connectivity index (χ1) is 12.2. The molecule has 0 spiro atoms. The van der Waals surface area contributed by atoms with Crippen LogP contribution in [0.15, 0.2) is 29.0 Å². The Kier molecular flexibility index (Phi) is 3.67. The summed E-state index contributed by atoms with van der Waals surface area (Å²) in [4.78, 5) is 27.5. The summed E-state index contributed by atoms with van der Waals surface area (Å²) in [5.74, 6) is 0.821. The van der Waals surface area contributed by atoms with E-state index in [1.54, 1.807) is 17.7 Å². The standard InChI is InChI=1S/C18H17BrN4OS/c19-11-3-4-12-14(8-11)25-18(22-12)17-16-13(20-9-21-16)5-6-23(17)15(24)7-10-1-2-10/h3-4,8-10,17H,1-2,5-7H2,(H,20,21)/t17-/m0/s1. The van der Waals surface area contributed by atoms with Crippen molar-refractivity contribution in [3.05, 3.63) is 45.4 Å². The van der Waals surface area contributed by atoms with Gasteiger partial charge in [-0.25, -0.2) is 9.97 Å². The number of imidazole rings is 1. The van der Waals surface area contributed by atoms with Crippen molar-refractivity contribution in [2.45, 2.75) is 31.7 Å². The number of aromatic nitrogens is 3. The third-order valence-electron chi connectivity index (χ3n) is 5.01. The van der Waals surface area contributed by atoms with Crippen LogP contribution in [0.5, 0.6) is 0 Å². The van der Waals surface area contributed by atoms with Crippen molar-refractivity contribution in [1.82, 2.24) is 19.9 Å². The number of hydrogen-bond acceptors (Lipinski definition) is 4. The van der Waals surface area contributed by atoms with Gasteiger partial charge >= 0.3 is 0 Å². The molecule has 1 aromatic carbocycles. The summed E-state index contributed by atoms with van der Waals surface area (Å²) < 4.78 is 2.17. The van der Waals surface area contributed by atoms with Crippen LogP contribution < -0.4 is 0 Å². The quantitative estimate of drug-likeness (QED) is 0.699. The van der Waals surface area contributed by atoms with Gasteiger partial charge in [-0.1, -0.05) is 15.9 Å². The Hall–Kier alpha value is -1.73. The smallest absolute Gasteiger partial charge is 0.223 e. The molecule has 7 heteroatoms. The highest BCUT2D eigenvalue weighted by atomic mass is 79.9. The number of nitrogens with one attached hydrogen (secondary N) is 1. The maximum absolute atomic E-state index is 12.9. The summed E-state index contributed by atoms with van der Waals surface area (Å²) in [6, 6.07) is 5.94. The Balaban J connectivity index is 1.58. The summed E-state index contributed by atoms with van der Waals surface area (Å²) in [6.45, 7) is 0.727. The Bertz CT molecular complexity index is 961. The van der Waals surface area contributed by atoms with Gasteiger partial charge in [-0.15, -0.1) is 11.3 Å². The maximum atomic E-state index is 12.9. The predicted molar refractivity (Wildman–Crippen MR) is 101 cm³/mol. The van der Waals surface area contributed by atoms with Crippen molar-refractivity contribution in [2.24, 2.45) is 5.92 Å². The van der Waals surface area contributed by atoms with E-state index in [1.165, 1.54) is 12.8 Å². The van der Waals surface area contributed by atoms with Gasteiger partial charge in [0.25, 0.3) is 0 Å². The zero-order chi connectivity index (χ0) is 17.0. The van der Waals surface area contributed by atoms with Crippen LogP contribution in [0.2, 0.25) is 0 Å². The second-order valence-electron chi connectivity index (χ2n) is 6.82. The van der Waals surface area contributed by atoms with Crippen LogP contribution in [-0.4, -0.2) is 32.3 Å². The Morgan fingerprint density at radius 2 is 2.28 bits per heavy atom. The lowest BCUT2D eigenvalue weighted by Crippen LogP contribution is -2.40. The van der Waals surface area contributed by atoms with Crippen LogP contribution in [0.4, 0.5) is 0 Å². The zero-order valence-corrected chi connectivity index (χ0v) is 15.9. The lowest BCUT2D eigenvalue weighted by Gasteiger charge is -2.33. The summed E-state index contributed by atoms with van der Waals surface area (Å²) in [5.41, 5.74) is 3.05. The summed E-state index contributed by atoms with van der Waals surface area (Å²) in [6.07, 6.45) is 5.60. The number of benzene rings is 1. The zero-order valence-electron chi connectivity index (χ0n) is 13.5. The van der Waals surface area contributed by atoms with Crippen LogP contribution in [0, 0.1) is 5.92 Å². The second kappa shape index (κ2) is 5.92. The predicted octanol–water partition coefficient (Wildman–Crippen LogP) is 4.06. The normalized spacial score (nSPS) is 20.0. The molecule has 3 aromatic rings. The number of H-pyrrole nitrogens is 1. The molecule has 25 heavy (non-hydrogen) atoms. The van der Waals surface area contributed by atoms with Crippen molar-refractivity contribution < 1.29 is 4.79 Å². The van der Waals surface area contributed by atoms with Crippen LogP contribution in [0.3, 0.4) is 0 Å². The van der Waals surface area contributed by atoms with Crippen molar-refractivity contribution in [3.63, 3.8) is 0 Å². The van der Waals surface area contributed by atoms with Gasteiger partial charge in [-0.2, -0.15) is 0 Å². The minimum atomic E-state index is -0.169. The second-order valence-corrected chi connectivity index (χ2v) is 8.80. The van der Waals surface area contributed by atoms with E-state index in [0.29, 0.717) is 12.3 Å². The van der Waals surface area contributed by atoms with E-state index < -0.39 is 0 Å². The van der Waals surface area contributed by atoms with Gasteiger partial charge in [0.2, 0.25) is 5.91 Å². The molecule has 1 amide bonds. The molecule has 128 valence electrons. The van der Waals surface area contributed by atoms with E-state index in [0.717, 1.165) is 44.1 Å². The van der Waals surface area contributed by atoms with Gasteiger partial charge < -0.3 is 9.88 Å². The molecule has 1 saturated carbocycles. The van der Waals surface area contributed by atoms with Gasteiger partial charge in [0.05, 0.1) is 22.2 Å². The fourth-order valence-corrected chi connectivity index (χ4v) is 5.15. The third-order valence-corrected chi connectivity index (χ3v) is 6.57. The monoisotopic (exact) mass is 416 g/mol. The number of amides is 1. The van der Waals surface area contributed by atoms with Crippen LogP contribution >= 0.6 is 27.3 Å². The van der Waals surface area contributed by atoms with Gasteiger partial charge in [-0.05, 0) is 37.0 Å². The fraction of sp³-hybridized carbons (Fsp3) is 0.389. The lowest BCUT2D eigenvalue weighted by atomic mass is 10.0. The first kappa shape index (κ1) is 15.5. The molecule has 0 radical (unpaired) electrons. The third kappa shape index (κ3) is 2.79. The number of carbonyl (C=O) groups is 1. The van der Waals surface area contributed by atoms with Crippen molar-refractivity contribution in [3.8, 4) is 0 Å². The van der Waals surface area contributed by atoms with E-state index in [4.69, 9.17) is 4.98 Å². The number of hydrogen-bond donors (Lipinski definition) is 1. The molecular formula is C18H17BrN4OS. The summed E-state index contributed by atoms with van der Waals surface area (Å²) in [5, 5.41) is 0.949. The molecule has 0 saturated heterocycles. The Morgan fingerprint density at radius 1 is 1.40 bits per heavy atom. The number of carbonyl (C=O) groups excluding carboxylic acids is 1. The van der Waals surface area contributed by atoms with Gasteiger partial charge in [0.1, 0.15) is 11.0 Å². The van der Waals surface area contributed by atoms with Gasteiger partial charge in [0.15, 0.2) is 0 Å². The van der Waals surface area contributed by atoms with E-state index >= 15 is 0 Å². The van der Waals surface area contributed by atoms with E-state index in [9.17, 15) is 4.79 Å². The SMILES string of the molecule is O=C(CC1CC1)N1CCc2[nH]cnc2[C@H]1c1nc2ccc(Br)cc2s1. The minimum Gasteiger partial charge on any atom is -0.348 e. The van der Waals surface area contributed by atoms with Crippen LogP contribution in [-0.2, 0) is 11.2 Å². The average Bonchev–Trinajstić information content (AvgIpc) is 3.12. The molecule has 1 fully saturated rings. The van der Waals surface area contributed by atoms with Crippen molar-refractivity contribution in [2.75, 3.05) is 6.54 Å². The molecule has 0 unspecified atom stereocenters. The Morgan fingerprint density at radius 3 is 3.12 bits per heavy atom. The van der Waals surface area contributed by atoms with Gasteiger partial charge in [-0.3, -0.25) is 4.79 Å². The van der Waals surface area contributed by atoms with Crippen molar-refractivity contribution >= 4 is 43.4 Å². The molecule has 2 aliphatic rings. The molecule has 1 aliphatic carbocycles. The fourth-order valence-electron chi connectivity index (χ4n) is 3.51. The topological polar surface area (TPSA) is 61.9 Å². The molecule has 3 heterocycles.